The quantitative estimate of drug-likeness (QED) is 0.584. The van der Waals surface area contributed by atoms with E-state index in [9.17, 15) is 4.79 Å². The largest absolute Gasteiger partial charge is 0.496 e. The fourth-order valence-corrected chi connectivity index (χ4v) is 4.32. The molecule has 7 nitrogen and oxygen atoms in total. The summed E-state index contributed by atoms with van der Waals surface area (Å²) < 4.78 is 5.29. The van der Waals surface area contributed by atoms with Crippen LogP contribution in [0.1, 0.15) is 36.0 Å². The molecule has 2 aromatic carbocycles. The molecule has 1 saturated carbocycles. The number of rotatable bonds is 7. The van der Waals surface area contributed by atoms with E-state index in [-0.39, 0.29) is 5.91 Å². The highest BCUT2D eigenvalue weighted by atomic mass is 16.5. The van der Waals surface area contributed by atoms with E-state index in [1.54, 1.807) is 13.2 Å². The zero-order valence-electron chi connectivity index (χ0n) is 19.0. The molecule has 1 amide bonds. The Labute approximate surface area is 189 Å². The van der Waals surface area contributed by atoms with Crippen LogP contribution in [-0.2, 0) is 0 Å². The number of anilines is 2. The van der Waals surface area contributed by atoms with Gasteiger partial charge >= 0.3 is 0 Å². The van der Waals surface area contributed by atoms with Crippen molar-refractivity contribution in [3.8, 4) is 5.75 Å². The second-order valence-electron chi connectivity index (χ2n) is 8.55. The molecule has 1 fully saturated rings. The highest BCUT2D eigenvalue weighted by molar-refractivity contribution is 5.96. The van der Waals surface area contributed by atoms with Crippen molar-refractivity contribution in [2.24, 2.45) is 5.92 Å². The van der Waals surface area contributed by atoms with Gasteiger partial charge in [-0.25, -0.2) is 4.98 Å². The number of nitrogens with zero attached hydrogens (tertiary/aromatic N) is 3. The van der Waals surface area contributed by atoms with E-state index in [0.29, 0.717) is 35.8 Å². The van der Waals surface area contributed by atoms with Crippen molar-refractivity contribution in [3.05, 3.63) is 54.1 Å². The molecule has 2 N–H and O–H groups in total. The molecule has 0 unspecified atom stereocenters. The maximum atomic E-state index is 12.5. The van der Waals surface area contributed by atoms with Crippen molar-refractivity contribution in [2.75, 3.05) is 38.0 Å². The molecular formula is C25H31N5O2. The lowest BCUT2D eigenvalue weighted by molar-refractivity contribution is 0.0940. The lowest BCUT2D eigenvalue weighted by Gasteiger charge is -2.29. The number of ether oxygens (including phenoxy) is 1. The van der Waals surface area contributed by atoms with Crippen LogP contribution in [0, 0.1) is 5.92 Å². The third-order valence-electron chi connectivity index (χ3n) is 6.09. The topological polar surface area (TPSA) is 79.4 Å². The van der Waals surface area contributed by atoms with Gasteiger partial charge in [0.15, 0.2) is 0 Å². The van der Waals surface area contributed by atoms with Crippen LogP contribution in [0.2, 0.25) is 0 Å². The second-order valence-corrected chi connectivity index (χ2v) is 8.55. The summed E-state index contributed by atoms with van der Waals surface area (Å²) in [6.45, 7) is 0.681. The molecule has 7 heteroatoms. The maximum absolute atomic E-state index is 12.5. The predicted octanol–water partition coefficient (Wildman–Crippen LogP) is 4.11. The zero-order chi connectivity index (χ0) is 22.5. The van der Waals surface area contributed by atoms with Crippen molar-refractivity contribution in [3.63, 3.8) is 0 Å². The van der Waals surface area contributed by atoms with Gasteiger partial charge in [-0.3, -0.25) is 4.79 Å². The van der Waals surface area contributed by atoms with Gasteiger partial charge in [0.05, 0.1) is 18.2 Å². The summed E-state index contributed by atoms with van der Waals surface area (Å²) in [6.07, 6.45) is 4.17. The number of carbonyl (C=O) groups excluding carboxylic acids is 1. The van der Waals surface area contributed by atoms with E-state index in [2.05, 4.69) is 16.7 Å². The predicted molar refractivity (Wildman–Crippen MR) is 129 cm³/mol. The summed E-state index contributed by atoms with van der Waals surface area (Å²) in [5.74, 6) is 2.60. The van der Waals surface area contributed by atoms with Crippen molar-refractivity contribution < 1.29 is 9.53 Å². The van der Waals surface area contributed by atoms with Crippen LogP contribution < -0.4 is 20.3 Å². The third-order valence-corrected chi connectivity index (χ3v) is 6.09. The Kier molecular flexibility index (Phi) is 6.73. The molecule has 1 aliphatic carbocycles. The molecule has 0 bridgehead atoms. The van der Waals surface area contributed by atoms with Crippen LogP contribution in [-0.4, -0.2) is 49.7 Å². The first-order valence-electron chi connectivity index (χ1n) is 11.2. The lowest BCUT2D eigenvalue weighted by Crippen LogP contribution is -2.34. The highest BCUT2D eigenvalue weighted by Crippen LogP contribution is 2.28. The van der Waals surface area contributed by atoms with Crippen LogP contribution in [0.5, 0.6) is 5.75 Å². The summed E-state index contributed by atoms with van der Waals surface area (Å²) in [6, 6.07) is 15.8. The van der Waals surface area contributed by atoms with Gasteiger partial charge in [0, 0.05) is 32.1 Å². The zero-order valence-corrected chi connectivity index (χ0v) is 19.0. The van der Waals surface area contributed by atoms with Crippen molar-refractivity contribution in [1.29, 1.82) is 0 Å². The molecule has 3 aromatic rings. The Balaban J connectivity index is 1.32. The fourth-order valence-electron chi connectivity index (χ4n) is 4.32. The van der Waals surface area contributed by atoms with E-state index < -0.39 is 0 Å². The number of methoxy groups -OCH3 is 1. The van der Waals surface area contributed by atoms with Crippen LogP contribution in [0.3, 0.4) is 0 Å². The van der Waals surface area contributed by atoms with Gasteiger partial charge in [-0.05, 0) is 55.9 Å². The smallest absolute Gasteiger partial charge is 0.255 e. The minimum atomic E-state index is -0.0801. The minimum Gasteiger partial charge on any atom is -0.496 e. The standard InChI is InChI=1S/C25H31N5O2/c1-30(2)23-19-8-4-6-10-21(19)28-25(29-23)27-18-14-12-17(13-15-18)16-26-24(31)20-9-5-7-11-22(20)32-3/h4-11,17-18H,12-16H2,1-3H3,(H,26,31)(H,27,28,29). The van der Waals surface area contributed by atoms with Gasteiger partial charge in [-0.1, -0.05) is 24.3 Å². The van der Waals surface area contributed by atoms with Crippen LogP contribution >= 0.6 is 0 Å². The Morgan fingerprint density at radius 3 is 2.50 bits per heavy atom. The molecule has 32 heavy (non-hydrogen) atoms. The number of benzene rings is 2. The Bertz CT molecular complexity index is 1080. The van der Waals surface area contributed by atoms with Gasteiger partial charge < -0.3 is 20.3 Å². The van der Waals surface area contributed by atoms with Crippen molar-refractivity contribution in [2.45, 2.75) is 31.7 Å². The Morgan fingerprint density at radius 2 is 1.75 bits per heavy atom. The maximum Gasteiger partial charge on any atom is 0.255 e. The molecule has 1 heterocycles. The molecule has 0 aliphatic heterocycles. The number of carbonyl (C=O) groups is 1. The normalized spacial score (nSPS) is 18.2. The number of amides is 1. The van der Waals surface area contributed by atoms with Gasteiger partial charge in [-0.2, -0.15) is 4.98 Å². The molecule has 168 valence electrons. The first kappa shape index (κ1) is 21.9. The summed E-state index contributed by atoms with van der Waals surface area (Å²) in [7, 11) is 5.59. The second kappa shape index (κ2) is 9.85. The minimum absolute atomic E-state index is 0.0801. The van der Waals surface area contributed by atoms with Gasteiger partial charge in [0.25, 0.3) is 5.91 Å². The molecule has 0 radical (unpaired) electrons. The highest BCUT2D eigenvalue weighted by Gasteiger charge is 2.23. The van der Waals surface area contributed by atoms with E-state index in [1.165, 1.54) is 0 Å². The summed E-state index contributed by atoms with van der Waals surface area (Å²) >= 11 is 0. The fraction of sp³-hybridized carbons (Fsp3) is 0.400. The molecule has 4 rings (SSSR count). The number of aromatic nitrogens is 2. The van der Waals surface area contributed by atoms with Crippen LogP contribution in [0.4, 0.5) is 11.8 Å². The monoisotopic (exact) mass is 433 g/mol. The molecular weight excluding hydrogens is 402 g/mol. The summed E-state index contributed by atoms with van der Waals surface area (Å²) in [5, 5.41) is 7.67. The lowest BCUT2D eigenvalue weighted by atomic mass is 9.86. The SMILES string of the molecule is COc1ccccc1C(=O)NCC1CCC(Nc2nc(N(C)C)c3ccccc3n2)CC1. The van der Waals surface area contributed by atoms with Gasteiger partial charge in [0.1, 0.15) is 11.6 Å². The number of para-hydroxylation sites is 2. The Morgan fingerprint density at radius 1 is 1.03 bits per heavy atom. The van der Waals surface area contributed by atoms with E-state index in [1.807, 2.05) is 55.4 Å². The average Bonchev–Trinajstić information content (AvgIpc) is 2.82. The summed E-state index contributed by atoms with van der Waals surface area (Å²) in [5.41, 5.74) is 1.52. The number of hydrogen-bond donors (Lipinski definition) is 2. The van der Waals surface area contributed by atoms with Crippen molar-refractivity contribution in [1.82, 2.24) is 15.3 Å². The average molecular weight is 434 g/mol. The molecule has 0 spiro atoms. The van der Waals surface area contributed by atoms with Crippen LogP contribution in [0.25, 0.3) is 10.9 Å². The molecule has 0 saturated heterocycles. The van der Waals surface area contributed by atoms with Gasteiger partial charge in [-0.15, -0.1) is 0 Å². The van der Waals surface area contributed by atoms with Crippen LogP contribution in [0.15, 0.2) is 48.5 Å². The number of fused-ring (bicyclic) bond motifs is 1. The number of nitrogens with one attached hydrogen (secondary N) is 2. The van der Waals surface area contributed by atoms with Crippen molar-refractivity contribution >= 4 is 28.6 Å². The van der Waals surface area contributed by atoms with E-state index >= 15 is 0 Å². The Hall–Kier alpha value is -3.35. The first-order valence-corrected chi connectivity index (χ1v) is 11.2. The molecule has 1 aromatic heterocycles. The van der Waals surface area contributed by atoms with E-state index in [4.69, 9.17) is 14.7 Å². The molecule has 1 aliphatic rings. The van der Waals surface area contributed by atoms with E-state index in [0.717, 1.165) is 42.4 Å². The first-order chi connectivity index (χ1) is 15.5. The summed E-state index contributed by atoms with van der Waals surface area (Å²) in [4.78, 5) is 24.0. The third kappa shape index (κ3) is 4.93. The molecule has 0 atom stereocenters. The number of hydrogen-bond acceptors (Lipinski definition) is 6. The van der Waals surface area contributed by atoms with Gasteiger partial charge in [0.2, 0.25) is 5.95 Å².